The van der Waals surface area contributed by atoms with E-state index in [0.29, 0.717) is 15.9 Å². The fourth-order valence-corrected chi connectivity index (χ4v) is 2.91. The summed E-state index contributed by atoms with van der Waals surface area (Å²) in [6.07, 6.45) is 0.809. The fraction of sp³-hybridized carbons (Fsp3) is 0.188. The number of amides is 1. The van der Waals surface area contributed by atoms with Crippen LogP contribution in [0.5, 0.6) is 0 Å². The largest absolute Gasteiger partial charge is 0.350 e. The number of carbonyl (C=O) groups is 1. The van der Waals surface area contributed by atoms with Crippen LogP contribution in [0.15, 0.2) is 42.5 Å². The zero-order valence-electron chi connectivity index (χ0n) is 13.2. The van der Waals surface area contributed by atoms with E-state index >= 15 is 0 Å². The van der Waals surface area contributed by atoms with Crippen molar-refractivity contribution >= 4 is 21.6 Å². The van der Waals surface area contributed by atoms with Crippen LogP contribution in [0.25, 0.3) is 0 Å². The molecule has 0 spiro atoms. The molecule has 1 N–H and O–H groups in total. The summed E-state index contributed by atoms with van der Waals surface area (Å²) >= 11 is 0. The van der Waals surface area contributed by atoms with E-state index in [0.717, 1.165) is 18.4 Å². The van der Waals surface area contributed by atoms with Crippen LogP contribution in [0.3, 0.4) is 0 Å². The van der Waals surface area contributed by atoms with E-state index in [2.05, 4.69) is 5.32 Å². The predicted octanol–water partition coefficient (Wildman–Crippen LogP) is 2.19. The van der Waals surface area contributed by atoms with Gasteiger partial charge in [-0.1, -0.05) is 12.1 Å². The van der Waals surface area contributed by atoms with Crippen molar-refractivity contribution in [3.63, 3.8) is 0 Å². The molecule has 2 aromatic rings. The first kappa shape index (κ1) is 18.8. The van der Waals surface area contributed by atoms with Crippen LogP contribution in [-0.2, 0) is 21.4 Å². The molecule has 9 heteroatoms. The molecule has 0 radical (unpaired) electrons. The average molecular weight is 372 g/mol. The lowest BCUT2D eigenvalue weighted by atomic mass is 10.2. The van der Waals surface area contributed by atoms with E-state index in [-0.39, 0.29) is 6.54 Å². The highest BCUT2D eigenvalue weighted by molar-refractivity contribution is 7.92. The van der Waals surface area contributed by atoms with E-state index in [1.807, 2.05) is 0 Å². The van der Waals surface area contributed by atoms with Crippen LogP contribution < -0.4 is 9.62 Å². The van der Waals surface area contributed by atoms with Gasteiger partial charge in [0.05, 0.1) is 11.9 Å². The molecule has 0 atom stereocenters. The Morgan fingerprint density at radius 3 is 2.20 bits per heavy atom. The van der Waals surface area contributed by atoms with Crippen molar-refractivity contribution in [3.05, 3.63) is 65.5 Å². The highest BCUT2D eigenvalue weighted by Crippen LogP contribution is 2.22. The summed E-state index contributed by atoms with van der Waals surface area (Å²) in [5.41, 5.74) is 0.175. The van der Waals surface area contributed by atoms with Gasteiger partial charge in [-0.05, 0) is 29.8 Å². The second-order valence-electron chi connectivity index (χ2n) is 5.27. The van der Waals surface area contributed by atoms with Crippen molar-refractivity contribution in [3.8, 4) is 0 Å². The molecule has 0 aliphatic rings. The molecule has 2 rings (SSSR count). The zero-order chi connectivity index (χ0) is 18.6. The second-order valence-corrected chi connectivity index (χ2v) is 7.18. The van der Waals surface area contributed by atoms with Crippen LogP contribution in [-0.4, -0.2) is 27.1 Å². The Labute approximate surface area is 143 Å². The van der Waals surface area contributed by atoms with Gasteiger partial charge in [0.25, 0.3) is 0 Å². The molecular formula is C16H15F3N2O3S. The molecule has 0 aliphatic heterocycles. The molecule has 25 heavy (non-hydrogen) atoms. The topological polar surface area (TPSA) is 66.5 Å². The Balaban J connectivity index is 2.11. The third kappa shape index (κ3) is 5.21. The first-order chi connectivity index (χ1) is 11.7. The molecule has 0 unspecified atom stereocenters. The van der Waals surface area contributed by atoms with Crippen LogP contribution in [0.1, 0.15) is 5.56 Å². The number of hydrogen-bond acceptors (Lipinski definition) is 3. The molecule has 5 nitrogen and oxygen atoms in total. The maximum atomic E-state index is 13.9. The number of rotatable bonds is 6. The highest BCUT2D eigenvalue weighted by atomic mass is 32.2. The quantitative estimate of drug-likeness (QED) is 0.845. The van der Waals surface area contributed by atoms with Crippen molar-refractivity contribution in [2.24, 2.45) is 0 Å². The van der Waals surface area contributed by atoms with Crippen LogP contribution in [0, 0.1) is 17.5 Å². The monoisotopic (exact) mass is 372 g/mol. The Morgan fingerprint density at radius 2 is 1.64 bits per heavy atom. The normalized spacial score (nSPS) is 11.2. The number of sulfonamides is 1. The van der Waals surface area contributed by atoms with E-state index in [4.69, 9.17) is 0 Å². The summed E-state index contributed by atoms with van der Waals surface area (Å²) in [6.45, 7) is -0.634. The number of carbonyl (C=O) groups excluding carboxylic acids is 1. The SMILES string of the molecule is CS(=O)(=O)N(CC(=O)NCc1ccc(F)cc1)c1ccc(F)cc1F. The lowest BCUT2D eigenvalue weighted by molar-refractivity contribution is -0.119. The van der Waals surface area contributed by atoms with E-state index in [9.17, 15) is 26.4 Å². The minimum absolute atomic E-state index is 0.0443. The van der Waals surface area contributed by atoms with E-state index in [1.54, 1.807) is 0 Å². The average Bonchev–Trinajstić information content (AvgIpc) is 2.52. The fourth-order valence-electron chi connectivity index (χ4n) is 2.05. The summed E-state index contributed by atoms with van der Waals surface area (Å²) in [4.78, 5) is 12.0. The van der Waals surface area contributed by atoms with Gasteiger partial charge in [0.1, 0.15) is 24.0 Å². The van der Waals surface area contributed by atoms with Crippen LogP contribution in [0.4, 0.5) is 18.9 Å². The maximum Gasteiger partial charge on any atom is 0.241 e. The number of hydrogen-bond donors (Lipinski definition) is 1. The molecule has 0 saturated carbocycles. The van der Waals surface area contributed by atoms with E-state index < -0.39 is 45.6 Å². The van der Waals surface area contributed by atoms with Gasteiger partial charge in [-0.25, -0.2) is 21.6 Å². The lowest BCUT2D eigenvalue weighted by Crippen LogP contribution is -2.40. The summed E-state index contributed by atoms with van der Waals surface area (Å²) in [5, 5.41) is 2.46. The first-order valence-corrected chi connectivity index (χ1v) is 8.95. The van der Waals surface area contributed by atoms with Crippen molar-refractivity contribution in [2.45, 2.75) is 6.54 Å². The summed E-state index contributed by atoms with van der Waals surface area (Å²) in [5.74, 6) is -3.09. The number of anilines is 1. The number of halogens is 3. The van der Waals surface area contributed by atoms with Gasteiger partial charge in [-0.15, -0.1) is 0 Å². The molecule has 0 bridgehead atoms. The first-order valence-electron chi connectivity index (χ1n) is 7.11. The predicted molar refractivity (Wildman–Crippen MR) is 86.8 cm³/mol. The van der Waals surface area contributed by atoms with Gasteiger partial charge < -0.3 is 5.32 Å². The smallest absolute Gasteiger partial charge is 0.241 e. The molecule has 134 valence electrons. The summed E-state index contributed by atoms with van der Waals surface area (Å²) < 4.78 is 63.9. The van der Waals surface area contributed by atoms with Gasteiger partial charge >= 0.3 is 0 Å². The summed E-state index contributed by atoms with van der Waals surface area (Å²) in [7, 11) is -3.98. The molecular weight excluding hydrogens is 357 g/mol. The Bertz CT molecular complexity index is 871. The minimum atomic E-state index is -3.98. The van der Waals surface area contributed by atoms with E-state index in [1.165, 1.54) is 24.3 Å². The van der Waals surface area contributed by atoms with Crippen molar-refractivity contribution in [2.75, 3.05) is 17.1 Å². The Morgan fingerprint density at radius 1 is 1.04 bits per heavy atom. The van der Waals surface area contributed by atoms with Crippen molar-refractivity contribution in [1.29, 1.82) is 0 Å². The molecule has 0 aliphatic carbocycles. The van der Waals surface area contributed by atoms with Gasteiger partial charge in [-0.3, -0.25) is 9.10 Å². The third-order valence-corrected chi connectivity index (χ3v) is 4.40. The second kappa shape index (κ2) is 7.56. The molecule has 2 aromatic carbocycles. The maximum absolute atomic E-state index is 13.9. The Kier molecular flexibility index (Phi) is 5.68. The van der Waals surface area contributed by atoms with Crippen LogP contribution >= 0.6 is 0 Å². The van der Waals surface area contributed by atoms with Gasteiger partial charge in [-0.2, -0.15) is 0 Å². The zero-order valence-corrected chi connectivity index (χ0v) is 14.0. The molecule has 1 amide bonds. The molecule has 0 saturated heterocycles. The van der Waals surface area contributed by atoms with Crippen molar-refractivity contribution in [1.82, 2.24) is 5.32 Å². The standard InChI is InChI=1S/C16H15F3N2O3S/c1-25(23,24)21(15-7-6-13(18)8-14(15)19)10-16(22)20-9-11-2-4-12(17)5-3-11/h2-8H,9-10H2,1H3,(H,20,22). The van der Waals surface area contributed by atoms with Gasteiger partial charge in [0.15, 0.2) is 0 Å². The number of nitrogens with zero attached hydrogens (tertiary/aromatic N) is 1. The number of benzene rings is 2. The molecule has 0 heterocycles. The minimum Gasteiger partial charge on any atom is -0.350 e. The Hall–Kier alpha value is -2.55. The van der Waals surface area contributed by atoms with Gasteiger partial charge in [0, 0.05) is 12.6 Å². The van der Waals surface area contributed by atoms with Gasteiger partial charge in [0.2, 0.25) is 15.9 Å². The number of nitrogens with one attached hydrogen (secondary N) is 1. The lowest BCUT2D eigenvalue weighted by Gasteiger charge is -2.22. The highest BCUT2D eigenvalue weighted by Gasteiger charge is 2.23. The van der Waals surface area contributed by atoms with Crippen LogP contribution in [0.2, 0.25) is 0 Å². The van der Waals surface area contributed by atoms with Crippen molar-refractivity contribution < 1.29 is 26.4 Å². The molecule has 0 fully saturated rings. The third-order valence-electron chi connectivity index (χ3n) is 3.27. The summed E-state index contributed by atoms with van der Waals surface area (Å²) in [6, 6.07) is 7.74. The molecule has 0 aromatic heterocycles.